The van der Waals surface area contributed by atoms with Crippen LogP contribution in [0.25, 0.3) is 11.0 Å². The van der Waals surface area contributed by atoms with Crippen molar-refractivity contribution in [2.45, 2.75) is 39.2 Å². The maximum atomic E-state index is 11.9. The topological polar surface area (TPSA) is 82.6 Å². The van der Waals surface area contributed by atoms with Crippen molar-refractivity contribution < 1.29 is 14.1 Å². The van der Waals surface area contributed by atoms with Crippen LogP contribution in [0, 0.1) is 10.1 Å². The molecule has 0 bridgehead atoms. The average Bonchev–Trinajstić information content (AvgIpc) is 2.87. The summed E-state index contributed by atoms with van der Waals surface area (Å²) in [7, 11) is 0. The monoisotopic (exact) mass is 289 g/mol. The lowest BCUT2D eigenvalue weighted by Gasteiger charge is -2.11. The molecule has 110 valence electrons. The minimum Gasteiger partial charge on any atom is -0.484 e. The van der Waals surface area contributed by atoms with Crippen LogP contribution in [0.4, 0.5) is 5.69 Å². The zero-order valence-corrected chi connectivity index (χ0v) is 11.8. The molecule has 1 aliphatic carbocycles. The standard InChI is InChI=1S/C15H15NO5/c1-8(2)20-14-7-13-11(6-12(14)16(18)19)9-4-3-5-10(9)15(17)21-13/h6-8H,3-5H2,1-2H3. The van der Waals surface area contributed by atoms with Gasteiger partial charge in [0.1, 0.15) is 5.58 Å². The summed E-state index contributed by atoms with van der Waals surface area (Å²) in [6.07, 6.45) is 2.09. The number of hydrogen-bond acceptors (Lipinski definition) is 5. The fourth-order valence-corrected chi connectivity index (χ4v) is 2.79. The van der Waals surface area contributed by atoms with Crippen molar-refractivity contribution in [3.05, 3.63) is 43.8 Å². The van der Waals surface area contributed by atoms with Crippen molar-refractivity contribution in [2.75, 3.05) is 0 Å². The van der Waals surface area contributed by atoms with Crippen LogP contribution in [0.1, 0.15) is 31.4 Å². The fraction of sp³-hybridized carbons (Fsp3) is 0.400. The predicted molar refractivity (Wildman–Crippen MR) is 76.9 cm³/mol. The zero-order chi connectivity index (χ0) is 15.1. The highest BCUT2D eigenvalue weighted by Crippen LogP contribution is 2.36. The van der Waals surface area contributed by atoms with Crippen LogP contribution in [0.3, 0.4) is 0 Å². The Kier molecular flexibility index (Phi) is 3.16. The molecule has 0 spiro atoms. The largest absolute Gasteiger partial charge is 0.484 e. The average molecular weight is 289 g/mol. The van der Waals surface area contributed by atoms with Gasteiger partial charge < -0.3 is 9.15 Å². The Balaban J connectivity index is 2.31. The number of nitro groups is 1. The fourth-order valence-electron chi connectivity index (χ4n) is 2.79. The molecular formula is C15H15NO5. The highest BCUT2D eigenvalue weighted by Gasteiger charge is 2.24. The molecule has 21 heavy (non-hydrogen) atoms. The van der Waals surface area contributed by atoms with E-state index in [2.05, 4.69) is 0 Å². The second-order valence-electron chi connectivity index (χ2n) is 5.44. The van der Waals surface area contributed by atoms with Gasteiger partial charge in [0.25, 0.3) is 0 Å². The summed E-state index contributed by atoms with van der Waals surface area (Å²) in [5, 5.41) is 11.9. The van der Waals surface area contributed by atoms with E-state index in [1.807, 2.05) is 0 Å². The smallest absolute Gasteiger partial charge is 0.339 e. The second-order valence-corrected chi connectivity index (χ2v) is 5.44. The van der Waals surface area contributed by atoms with Gasteiger partial charge in [-0.3, -0.25) is 10.1 Å². The van der Waals surface area contributed by atoms with Gasteiger partial charge in [0.05, 0.1) is 11.0 Å². The number of benzene rings is 1. The summed E-state index contributed by atoms with van der Waals surface area (Å²) in [4.78, 5) is 22.7. The minimum absolute atomic E-state index is 0.0980. The number of ether oxygens (including phenoxy) is 1. The Labute approximate surface area is 120 Å². The van der Waals surface area contributed by atoms with Crippen molar-refractivity contribution in [3.8, 4) is 5.75 Å². The molecule has 0 saturated carbocycles. The van der Waals surface area contributed by atoms with Crippen LogP contribution in [-0.4, -0.2) is 11.0 Å². The van der Waals surface area contributed by atoms with Gasteiger partial charge in [-0.25, -0.2) is 4.79 Å². The Bertz CT molecular complexity index is 791. The molecule has 0 N–H and O–H groups in total. The molecular weight excluding hydrogens is 274 g/mol. The van der Waals surface area contributed by atoms with Gasteiger partial charge in [0, 0.05) is 23.1 Å². The quantitative estimate of drug-likeness (QED) is 0.493. The van der Waals surface area contributed by atoms with E-state index in [4.69, 9.17) is 9.15 Å². The highest BCUT2D eigenvalue weighted by molar-refractivity contribution is 5.86. The van der Waals surface area contributed by atoms with Crippen molar-refractivity contribution >= 4 is 16.7 Å². The first-order valence-electron chi connectivity index (χ1n) is 6.91. The number of rotatable bonds is 3. The van der Waals surface area contributed by atoms with Crippen LogP contribution in [0.5, 0.6) is 5.75 Å². The highest BCUT2D eigenvalue weighted by atomic mass is 16.6. The first-order chi connectivity index (χ1) is 9.97. The molecule has 0 atom stereocenters. The van der Waals surface area contributed by atoms with Gasteiger partial charge >= 0.3 is 11.3 Å². The van der Waals surface area contributed by atoms with Crippen LogP contribution in [-0.2, 0) is 12.8 Å². The molecule has 0 aliphatic heterocycles. The van der Waals surface area contributed by atoms with E-state index in [1.165, 1.54) is 12.1 Å². The van der Waals surface area contributed by atoms with Crippen LogP contribution in [0.2, 0.25) is 0 Å². The summed E-state index contributed by atoms with van der Waals surface area (Å²) in [5.41, 5.74) is 1.43. The van der Waals surface area contributed by atoms with Crippen molar-refractivity contribution in [2.24, 2.45) is 0 Å². The van der Waals surface area contributed by atoms with Crippen molar-refractivity contribution in [3.63, 3.8) is 0 Å². The van der Waals surface area contributed by atoms with E-state index in [0.717, 1.165) is 18.4 Å². The summed E-state index contributed by atoms with van der Waals surface area (Å²) in [5.74, 6) is 0.128. The van der Waals surface area contributed by atoms with E-state index < -0.39 is 4.92 Å². The lowest BCUT2D eigenvalue weighted by molar-refractivity contribution is -0.385. The Hall–Kier alpha value is -2.37. The molecule has 0 fully saturated rings. The number of nitro benzene ring substituents is 1. The third-order valence-corrected chi connectivity index (χ3v) is 3.61. The molecule has 6 nitrogen and oxygen atoms in total. The number of nitrogens with zero attached hydrogens (tertiary/aromatic N) is 1. The van der Waals surface area contributed by atoms with Crippen molar-refractivity contribution in [1.82, 2.24) is 0 Å². The maximum Gasteiger partial charge on any atom is 0.339 e. The van der Waals surface area contributed by atoms with Gasteiger partial charge in [0.2, 0.25) is 5.75 Å². The van der Waals surface area contributed by atoms with Gasteiger partial charge in [0.15, 0.2) is 0 Å². The number of hydrogen-bond donors (Lipinski definition) is 0. The van der Waals surface area contributed by atoms with E-state index in [0.29, 0.717) is 23.0 Å². The van der Waals surface area contributed by atoms with Crippen LogP contribution >= 0.6 is 0 Å². The molecule has 0 unspecified atom stereocenters. The lowest BCUT2D eigenvalue weighted by Crippen LogP contribution is -2.09. The van der Waals surface area contributed by atoms with Crippen molar-refractivity contribution in [1.29, 1.82) is 0 Å². The van der Waals surface area contributed by atoms with Gasteiger partial charge in [-0.1, -0.05) is 0 Å². The van der Waals surface area contributed by atoms with Crippen LogP contribution in [0.15, 0.2) is 21.3 Å². The third-order valence-electron chi connectivity index (χ3n) is 3.61. The van der Waals surface area contributed by atoms with Gasteiger partial charge in [-0.2, -0.15) is 0 Å². The van der Waals surface area contributed by atoms with E-state index in [9.17, 15) is 14.9 Å². The van der Waals surface area contributed by atoms with E-state index >= 15 is 0 Å². The summed E-state index contributed by atoms with van der Waals surface area (Å²) in [6, 6.07) is 2.91. The SMILES string of the molecule is CC(C)Oc1cc2oc(=O)c3c(c2cc1[N+](=O)[O-])CCC3. The van der Waals surface area contributed by atoms with E-state index in [-0.39, 0.29) is 23.2 Å². The number of aryl methyl sites for hydroxylation is 1. The third kappa shape index (κ3) is 2.26. The van der Waals surface area contributed by atoms with Gasteiger partial charge in [-0.15, -0.1) is 0 Å². The zero-order valence-electron chi connectivity index (χ0n) is 11.8. The molecule has 1 aromatic heterocycles. The Morgan fingerprint density at radius 3 is 2.67 bits per heavy atom. The molecule has 0 radical (unpaired) electrons. The molecule has 6 heteroatoms. The molecule has 1 heterocycles. The lowest BCUT2D eigenvalue weighted by atomic mass is 10.1. The maximum absolute atomic E-state index is 11.9. The molecule has 1 aromatic carbocycles. The van der Waals surface area contributed by atoms with Gasteiger partial charge in [-0.05, 0) is 38.7 Å². The molecule has 2 aromatic rings. The Morgan fingerprint density at radius 1 is 1.29 bits per heavy atom. The first kappa shape index (κ1) is 13.6. The number of fused-ring (bicyclic) bond motifs is 3. The molecule has 3 rings (SSSR count). The molecule has 1 aliphatic rings. The van der Waals surface area contributed by atoms with Crippen LogP contribution < -0.4 is 10.4 Å². The normalized spacial score (nSPS) is 13.7. The minimum atomic E-state index is -0.469. The molecule has 0 amide bonds. The molecule has 0 saturated heterocycles. The van der Waals surface area contributed by atoms with E-state index in [1.54, 1.807) is 13.8 Å². The predicted octanol–water partition coefficient (Wildman–Crippen LogP) is 2.98. The first-order valence-corrected chi connectivity index (χ1v) is 6.91. The summed E-state index contributed by atoms with van der Waals surface area (Å²) < 4.78 is 10.8. The summed E-state index contributed by atoms with van der Waals surface area (Å²) >= 11 is 0. The summed E-state index contributed by atoms with van der Waals surface area (Å²) in [6.45, 7) is 3.57. The second kappa shape index (κ2) is 4.87. The Morgan fingerprint density at radius 2 is 2.00 bits per heavy atom.